The lowest BCUT2D eigenvalue weighted by Gasteiger charge is -2.08. The van der Waals surface area contributed by atoms with Gasteiger partial charge in [0.05, 0.1) is 0 Å². The lowest BCUT2D eigenvalue weighted by Crippen LogP contribution is -1.93. The van der Waals surface area contributed by atoms with Gasteiger partial charge in [0, 0.05) is 0 Å². The van der Waals surface area contributed by atoms with Crippen LogP contribution < -0.4 is 0 Å². The Bertz CT molecular complexity index is 49.1. The van der Waals surface area contributed by atoms with Crippen molar-refractivity contribution in [1.29, 1.82) is 0 Å². The fourth-order valence-corrected chi connectivity index (χ4v) is 1.25. The Morgan fingerprint density at radius 3 is 1.21 bits per heavy atom. The first-order valence-corrected chi connectivity index (χ1v) is 4.81. The van der Waals surface area contributed by atoms with Gasteiger partial charge in [0.2, 0.25) is 0 Å². The first-order chi connectivity index (χ1) is 4.81. The molecule has 0 spiro atoms. The second kappa shape index (κ2) is 23.1. The molecular weight excluding hydrogens is 168 g/mol. The zero-order valence-corrected chi connectivity index (χ0v) is 7.82. The molecule has 0 nitrogen and oxygen atoms in total. The van der Waals surface area contributed by atoms with Crippen molar-refractivity contribution in [1.82, 2.24) is 0 Å². The lowest BCUT2D eigenvalue weighted by atomic mass is 9.98. The van der Waals surface area contributed by atoms with Crippen molar-refractivity contribution >= 4 is 0 Å². The van der Waals surface area contributed by atoms with Crippen molar-refractivity contribution in [2.75, 3.05) is 0 Å². The summed E-state index contributed by atoms with van der Waals surface area (Å²) in [6.45, 7) is 6.92. The van der Waals surface area contributed by atoms with Gasteiger partial charge in [-0.15, -0.1) is 0 Å². The van der Waals surface area contributed by atoms with Gasteiger partial charge in [-0.05, 0) is 5.92 Å². The van der Waals surface area contributed by atoms with Crippen LogP contribution in [0, 0.1) is 5.92 Å². The molecule has 94 valence electrons. The maximum absolute atomic E-state index is 2.38. The van der Waals surface area contributed by atoms with Crippen LogP contribution in [0.3, 0.4) is 0 Å². The molecule has 0 heterocycles. The molecule has 14 heavy (non-hydrogen) atoms. The molecule has 0 aromatic carbocycles. The summed E-state index contributed by atoms with van der Waals surface area (Å²) in [4.78, 5) is 0. The van der Waals surface area contributed by atoms with Crippen molar-refractivity contribution in [3.05, 3.63) is 0 Å². The number of hydrogen-bond acceptors (Lipinski definition) is 0. The van der Waals surface area contributed by atoms with E-state index in [1.165, 1.54) is 38.5 Å². The monoisotopic (exact) mass is 206 g/mol. The van der Waals surface area contributed by atoms with E-state index in [1.807, 2.05) is 0 Å². The van der Waals surface area contributed by atoms with Crippen LogP contribution in [0.2, 0.25) is 0 Å². The van der Waals surface area contributed by atoms with Crippen molar-refractivity contribution in [3.8, 4) is 0 Å². The minimum absolute atomic E-state index is 0. The summed E-state index contributed by atoms with van der Waals surface area (Å²) in [5.41, 5.74) is 0. The van der Waals surface area contributed by atoms with Gasteiger partial charge in [-0.3, -0.25) is 0 Å². The zero-order valence-electron chi connectivity index (χ0n) is 7.82. The molecule has 0 N–H and O–H groups in total. The van der Waals surface area contributed by atoms with E-state index in [0.29, 0.717) is 0 Å². The van der Waals surface area contributed by atoms with E-state index < -0.39 is 0 Å². The molecule has 0 bridgehead atoms. The van der Waals surface area contributed by atoms with Gasteiger partial charge >= 0.3 is 0 Å². The first-order valence-electron chi connectivity index (χ1n) is 4.81. The third kappa shape index (κ3) is 22.7. The van der Waals surface area contributed by atoms with Crippen LogP contribution >= 0.6 is 0 Å². The summed E-state index contributed by atoms with van der Waals surface area (Å²) in [7, 11) is 0. The van der Waals surface area contributed by atoms with E-state index >= 15 is 0 Å². The maximum Gasteiger partial charge on any atom is -0.0443 e. The molecule has 0 aliphatic carbocycles. The van der Waals surface area contributed by atoms with Gasteiger partial charge in [0.25, 0.3) is 0 Å². The molecule has 0 aliphatic heterocycles. The standard InChI is InChI=1S/C10H22.4CH4/c1-4-6-8-10(3)9-7-5-2;;;;/h10H,4-9H2,1-3H3;4*1H4. The van der Waals surface area contributed by atoms with Gasteiger partial charge in [0.1, 0.15) is 0 Å². The van der Waals surface area contributed by atoms with E-state index in [9.17, 15) is 0 Å². The van der Waals surface area contributed by atoms with Crippen LogP contribution in [0.4, 0.5) is 0 Å². The Kier molecular flexibility index (Phi) is 48.2. The normalized spacial score (nSPS) is 7.71. The zero-order chi connectivity index (χ0) is 7.82. The molecule has 0 heteroatoms. The topological polar surface area (TPSA) is 0 Å². The highest BCUT2D eigenvalue weighted by molar-refractivity contribution is 4.52. The highest BCUT2D eigenvalue weighted by atomic mass is 14.0. The molecule has 0 aromatic heterocycles. The van der Waals surface area contributed by atoms with Gasteiger partial charge < -0.3 is 0 Å². The van der Waals surface area contributed by atoms with Crippen molar-refractivity contribution in [3.63, 3.8) is 0 Å². The Balaban J connectivity index is -0.0000000675. The minimum Gasteiger partial charge on any atom is -0.0776 e. The summed E-state index contributed by atoms with van der Waals surface area (Å²) in [5, 5.41) is 0. The van der Waals surface area contributed by atoms with Crippen LogP contribution in [0.5, 0.6) is 0 Å². The van der Waals surface area contributed by atoms with Gasteiger partial charge in [-0.2, -0.15) is 0 Å². The third-order valence-electron chi connectivity index (χ3n) is 2.10. The Hall–Kier alpha value is 0. The average Bonchev–Trinajstić information content (AvgIpc) is 1.97. The molecule has 0 fully saturated rings. The van der Waals surface area contributed by atoms with Crippen LogP contribution in [-0.2, 0) is 0 Å². The minimum atomic E-state index is 0. The molecule has 0 atom stereocenters. The highest BCUT2D eigenvalue weighted by Crippen LogP contribution is 2.14. The molecular formula is C14H38. The van der Waals surface area contributed by atoms with E-state index in [0.717, 1.165) is 5.92 Å². The lowest BCUT2D eigenvalue weighted by molar-refractivity contribution is 0.454. The van der Waals surface area contributed by atoms with Crippen LogP contribution in [0.15, 0.2) is 0 Å². The number of rotatable bonds is 6. The second-order valence-corrected chi connectivity index (χ2v) is 3.39. The molecule has 0 saturated heterocycles. The molecule has 0 amide bonds. The Morgan fingerprint density at radius 2 is 1.00 bits per heavy atom. The predicted molar refractivity (Wildman–Crippen MR) is 75.1 cm³/mol. The molecule has 0 saturated carbocycles. The van der Waals surface area contributed by atoms with E-state index in [2.05, 4.69) is 20.8 Å². The molecule has 0 aromatic rings. The van der Waals surface area contributed by atoms with Crippen molar-refractivity contribution < 1.29 is 0 Å². The summed E-state index contributed by atoms with van der Waals surface area (Å²) >= 11 is 0. The fourth-order valence-electron chi connectivity index (χ4n) is 1.25. The maximum atomic E-state index is 2.38. The SMILES string of the molecule is C.C.C.C.CCCCC(C)CCCC. The molecule has 0 unspecified atom stereocenters. The summed E-state index contributed by atoms with van der Waals surface area (Å²) in [6, 6.07) is 0. The van der Waals surface area contributed by atoms with Crippen molar-refractivity contribution in [2.45, 2.75) is 89.0 Å². The fraction of sp³-hybridized carbons (Fsp3) is 1.00. The number of hydrogen-bond donors (Lipinski definition) is 0. The Morgan fingerprint density at radius 1 is 0.714 bits per heavy atom. The van der Waals surface area contributed by atoms with E-state index in [-0.39, 0.29) is 29.7 Å². The van der Waals surface area contributed by atoms with E-state index in [1.54, 1.807) is 0 Å². The largest absolute Gasteiger partial charge is 0.0776 e. The van der Waals surface area contributed by atoms with Gasteiger partial charge in [-0.1, -0.05) is 89.0 Å². The van der Waals surface area contributed by atoms with Crippen LogP contribution in [-0.4, -0.2) is 0 Å². The number of unbranched alkanes of at least 4 members (excludes halogenated alkanes) is 2. The third-order valence-corrected chi connectivity index (χ3v) is 2.10. The van der Waals surface area contributed by atoms with Crippen LogP contribution in [0.25, 0.3) is 0 Å². The van der Waals surface area contributed by atoms with Gasteiger partial charge in [-0.25, -0.2) is 0 Å². The molecule has 0 aliphatic rings. The van der Waals surface area contributed by atoms with Crippen LogP contribution in [0.1, 0.15) is 89.0 Å². The summed E-state index contributed by atoms with van der Waals surface area (Å²) in [6.07, 6.45) is 8.44. The second-order valence-electron chi connectivity index (χ2n) is 3.39. The average molecular weight is 206 g/mol. The first kappa shape index (κ1) is 29.2. The van der Waals surface area contributed by atoms with Gasteiger partial charge in [0.15, 0.2) is 0 Å². The predicted octanol–water partition coefficient (Wildman–Crippen LogP) is 6.55. The quantitative estimate of drug-likeness (QED) is 0.462. The molecule has 0 rings (SSSR count). The smallest absolute Gasteiger partial charge is 0.0443 e. The Labute approximate surface area is 95.5 Å². The van der Waals surface area contributed by atoms with Crippen molar-refractivity contribution in [2.24, 2.45) is 5.92 Å². The summed E-state index contributed by atoms with van der Waals surface area (Å²) < 4.78 is 0. The molecule has 0 radical (unpaired) electrons. The van der Waals surface area contributed by atoms with E-state index in [4.69, 9.17) is 0 Å². The highest BCUT2D eigenvalue weighted by Gasteiger charge is 1.98. The summed E-state index contributed by atoms with van der Waals surface area (Å²) in [5.74, 6) is 0.972.